The highest BCUT2D eigenvalue weighted by atomic mass is 35.5. The normalized spacial score (nSPS) is 10.9. The van der Waals surface area contributed by atoms with Gasteiger partial charge >= 0.3 is 5.97 Å². The minimum Gasteiger partial charge on any atom is -0.497 e. The predicted octanol–water partition coefficient (Wildman–Crippen LogP) is 4.80. The standard InChI is InChI=1S/C23H25ClN2O3/c1-15-21(13-25-12-18-5-4-6-19(24)11-18)22(23(27)28)16(2)26(15)14-17-7-9-20(29-3)10-8-17/h4-11,25H,12-14H2,1-3H3,(H,27,28). The third kappa shape index (κ3) is 4.81. The van der Waals surface area contributed by atoms with E-state index in [1.165, 1.54) is 0 Å². The number of nitrogens with zero attached hydrogens (tertiary/aromatic N) is 1. The zero-order chi connectivity index (χ0) is 21.0. The molecular weight excluding hydrogens is 388 g/mol. The van der Waals surface area contributed by atoms with Gasteiger partial charge in [-0.05, 0) is 49.2 Å². The third-order valence-electron chi connectivity index (χ3n) is 5.14. The lowest BCUT2D eigenvalue weighted by molar-refractivity contribution is 0.0694. The molecule has 0 bridgehead atoms. The van der Waals surface area contributed by atoms with Crippen LogP contribution in [0.25, 0.3) is 0 Å². The molecule has 6 heteroatoms. The van der Waals surface area contributed by atoms with Crippen molar-refractivity contribution in [3.8, 4) is 5.75 Å². The van der Waals surface area contributed by atoms with Crippen LogP contribution in [0, 0.1) is 13.8 Å². The van der Waals surface area contributed by atoms with Gasteiger partial charge in [0.2, 0.25) is 0 Å². The number of aromatic carboxylic acids is 1. The average molecular weight is 413 g/mol. The average Bonchev–Trinajstić information content (AvgIpc) is 2.93. The summed E-state index contributed by atoms with van der Waals surface area (Å²) in [5.41, 5.74) is 5.03. The van der Waals surface area contributed by atoms with E-state index in [2.05, 4.69) is 9.88 Å². The first-order valence-corrected chi connectivity index (χ1v) is 9.78. The summed E-state index contributed by atoms with van der Waals surface area (Å²) in [6.07, 6.45) is 0. The zero-order valence-electron chi connectivity index (χ0n) is 16.8. The third-order valence-corrected chi connectivity index (χ3v) is 5.38. The van der Waals surface area contributed by atoms with Crippen LogP contribution in [0.3, 0.4) is 0 Å². The molecule has 29 heavy (non-hydrogen) atoms. The van der Waals surface area contributed by atoms with Crippen molar-refractivity contribution in [3.63, 3.8) is 0 Å². The molecule has 0 spiro atoms. The maximum absolute atomic E-state index is 11.9. The Hall–Kier alpha value is -2.76. The number of benzene rings is 2. The molecule has 2 aromatic carbocycles. The van der Waals surface area contributed by atoms with E-state index in [0.717, 1.165) is 33.8 Å². The largest absolute Gasteiger partial charge is 0.497 e. The maximum Gasteiger partial charge on any atom is 0.337 e. The highest BCUT2D eigenvalue weighted by molar-refractivity contribution is 6.30. The lowest BCUT2D eigenvalue weighted by atomic mass is 10.1. The number of hydrogen-bond donors (Lipinski definition) is 2. The molecule has 5 nitrogen and oxygen atoms in total. The molecule has 152 valence electrons. The first-order valence-electron chi connectivity index (χ1n) is 9.40. The molecule has 0 aliphatic rings. The van der Waals surface area contributed by atoms with Crippen molar-refractivity contribution in [1.29, 1.82) is 0 Å². The molecular formula is C23H25ClN2O3. The Morgan fingerprint density at radius 2 is 1.79 bits per heavy atom. The Bertz CT molecular complexity index is 1010. The summed E-state index contributed by atoms with van der Waals surface area (Å²) < 4.78 is 7.27. The van der Waals surface area contributed by atoms with Gasteiger partial charge in [-0.15, -0.1) is 0 Å². The molecule has 3 rings (SSSR count). The van der Waals surface area contributed by atoms with Gasteiger partial charge in [-0.1, -0.05) is 35.9 Å². The summed E-state index contributed by atoms with van der Waals surface area (Å²) >= 11 is 6.04. The Balaban J connectivity index is 1.82. The van der Waals surface area contributed by atoms with Gasteiger partial charge in [0, 0.05) is 41.6 Å². The van der Waals surface area contributed by atoms with Crippen molar-refractivity contribution in [2.24, 2.45) is 0 Å². The van der Waals surface area contributed by atoms with E-state index in [4.69, 9.17) is 16.3 Å². The van der Waals surface area contributed by atoms with E-state index >= 15 is 0 Å². The minimum absolute atomic E-state index is 0.370. The second-order valence-electron chi connectivity index (χ2n) is 7.00. The van der Waals surface area contributed by atoms with E-state index in [-0.39, 0.29) is 0 Å². The van der Waals surface area contributed by atoms with Gasteiger partial charge < -0.3 is 19.7 Å². The monoisotopic (exact) mass is 412 g/mol. The van der Waals surface area contributed by atoms with Crippen LogP contribution in [0.2, 0.25) is 5.02 Å². The van der Waals surface area contributed by atoms with Gasteiger partial charge in [0.25, 0.3) is 0 Å². The summed E-state index contributed by atoms with van der Waals surface area (Å²) in [5, 5.41) is 13.8. The molecule has 0 saturated carbocycles. The molecule has 0 fully saturated rings. The van der Waals surface area contributed by atoms with Crippen LogP contribution in [0.1, 0.15) is 38.4 Å². The second-order valence-corrected chi connectivity index (χ2v) is 7.43. The fourth-order valence-corrected chi connectivity index (χ4v) is 3.79. The van der Waals surface area contributed by atoms with Gasteiger partial charge in [0.1, 0.15) is 5.75 Å². The van der Waals surface area contributed by atoms with Crippen LogP contribution in [-0.4, -0.2) is 22.8 Å². The molecule has 1 heterocycles. The number of ether oxygens (including phenoxy) is 1. The van der Waals surface area contributed by atoms with E-state index in [1.807, 2.05) is 62.4 Å². The number of carboxylic acid groups (broad SMARTS) is 1. The number of aromatic nitrogens is 1. The summed E-state index contributed by atoms with van der Waals surface area (Å²) in [4.78, 5) is 11.9. The second kappa shape index (κ2) is 9.16. The van der Waals surface area contributed by atoms with Gasteiger partial charge in [-0.2, -0.15) is 0 Å². The first kappa shape index (κ1) is 21.0. The van der Waals surface area contributed by atoms with Crippen LogP contribution < -0.4 is 10.1 Å². The molecule has 0 aliphatic carbocycles. The quantitative estimate of drug-likeness (QED) is 0.557. The fraction of sp³-hybridized carbons (Fsp3) is 0.261. The van der Waals surface area contributed by atoms with Crippen molar-refractivity contribution in [1.82, 2.24) is 9.88 Å². The van der Waals surface area contributed by atoms with Gasteiger partial charge in [0.15, 0.2) is 0 Å². The number of halogens is 1. The number of carboxylic acids is 1. The number of rotatable bonds is 8. The number of carbonyl (C=O) groups is 1. The molecule has 0 unspecified atom stereocenters. The van der Waals surface area contributed by atoms with Crippen molar-refractivity contribution in [2.75, 3.05) is 7.11 Å². The summed E-state index contributed by atoms with van der Waals surface area (Å²) in [6, 6.07) is 15.4. The van der Waals surface area contributed by atoms with Crippen LogP contribution >= 0.6 is 11.6 Å². The Morgan fingerprint density at radius 3 is 2.41 bits per heavy atom. The van der Waals surface area contributed by atoms with E-state index < -0.39 is 5.97 Å². The van der Waals surface area contributed by atoms with E-state index in [1.54, 1.807) is 7.11 Å². The summed E-state index contributed by atoms with van der Waals surface area (Å²) in [7, 11) is 1.64. The van der Waals surface area contributed by atoms with Crippen LogP contribution in [0.4, 0.5) is 0 Å². The summed E-state index contributed by atoms with van der Waals surface area (Å²) in [6.45, 7) is 5.52. The highest BCUT2D eigenvalue weighted by Gasteiger charge is 2.22. The predicted molar refractivity (Wildman–Crippen MR) is 115 cm³/mol. The minimum atomic E-state index is -0.904. The molecule has 2 N–H and O–H groups in total. The topological polar surface area (TPSA) is 63.5 Å². The fourth-order valence-electron chi connectivity index (χ4n) is 3.58. The van der Waals surface area contributed by atoms with Crippen molar-refractivity contribution >= 4 is 17.6 Å². The smallest absolute Gasteiger partial charge is 0.337 e. The zero-order valence-corrected chi connectivity index (χ0v) is 17.6. The van der Waals surface area contributed by atoms with Crippen molar-refractivity contribution < 1.29 is 14.6 Å². The van der Waals surface area contributed by atoms with Crippen LogP contribution in [0.5, 0.6) is 5.75 Å². The molecule has 0 saturated heterocycles. The van der Waals surface area contributed by atoms with Gasteiger partial charge in [0.05, 0.1) is 12.7 Å². The maximum atomic E-state index is 11.9. The number of methoxy groups -OCH3 is 1. The van der Waals surface area contributed by atoms with Gasteiger partial charge in [-0.25, -0.2) is 4.79 Å². The molecule has 1 aromatic heterocycles. The molecule has 0 aliphatic heterocycles. The van der Waals surface area contributed by atoms with E-state index in [0.29, 0.717) is 30.2 Å². The lowest BCUT2D eigenvalue weighted by Crippen LogP contribution is -2.15. The number of hydrogen-bond acceptors (Lipinski definition) is 3. The highest BCUT2D eigenvalue weighted by Crippen LogP contribution is 2.24. The van der Waals surface area contributed by atoms with E-state index in [9.17, 15) is 9.90 Å². The summed E-state index contributed by atoms with van der Waals surface area (Å²) in [5.74, 6) is -0.106. The van der Waals surface area contributed by atoms with Gasteiger partial charge in [-0.3, -0.25) is 0 Å². The SMILES string of the molecule is COc1ccc(Cn2c(C)c(CNCc3cccc(Cl)c3)c(C(=O)O)c2C)cc1. The Labute approximate surface area is 175 Å². The van der Waals surface area contributed by atoms with Crippen molar-refractivity contribution in [2.45, 2.75) is 33.5 Å². The van der Waals surface area contributed by atoms with Crippen LogP contribution in [0.15, 0.2) is 48.5 Å². The first-order chi connectivity index (χ1) is 13.9. The van der Waals surface area contributed by atoms with Crippen molar-refractivity contribution in [3.05, 3.63) is 87.2 Å². The molecule has 0 amide bonds. The van der Waals surface area contributed by atoms with Crippen LogP contribution in [-0.2, 0) is 19.6 Å². The lowest BCUT2D eigenvalue weighted by Gasteiger charge is -2.11. The molecule has 0 atom stereocenters. The Morgan fingerprint density at radius 1 is 1.07 bits per heavy atom. The Kier molecular flexibility index (Phi) is 6.62. The molecule has 0 radical (unpaired) electrons. The molecule has 3 aromatic rings. The number of nitrogens with one attached hydrogen (secondary N) is 1.